The number of H-pyrrole nitrogens is 1. The molecule has 1 aliphatic heterocycles. The van der Waals surface area contributed by atoms with Crippen LogP contribution >= 0.6 is 27.7 Å². The fourth-order valence-corrected chi connectivity index (χ4v) is 3.97. The lowest BCUT2D eigenvalue weighted by molar-refractivity contribution is -0.763. The molecule has 0 spiro atoms. The number of thioether (sulfide) groups is 1. The fraction of sp³-hybridized carbons (Fsp3) is 0.158. The smallest absolute Gasteiger partial charge is 0.291 e. The van der Waals surface area contributed by atoms with Gasteiger partial charge in [0.2, 0.25) is 11.1 Å². The molecule has 1 aromatic heterocycles. The zero-order valence-electron chi connectivity index (χ0n) is 14.6. The summed E-state index contributed by atoms with van der Waals surface area (Å²) in [4.78, 5) is 30.0. The van der Waals surface area contributed by atoms with Crippen LogP contribution in [0.15, 0.2) is 63.0 Å². The summed E-state index contributed by atoms with van der Waals surface area (Å²) < 4.78 is 2.59. The highest BCUT2D eigenvalue weighted by molar-refractivity contribution is 9.10. The Morgan fingerprint density at radius 1 is 1.22 bits per heavy atom. The van der Waals surface area contributed by atoms with Crippen LogP contribution in [-0.2, 0) is 4.79 Å². The van der Waals surface area contributed by atoms with Gasteiger partial charge in [0, 0.05) is 22.1 Å². The number of halogens is 1. The van der Waals surface area contributed by atoms with Crippen molar-refractivity contribution in [1.29, 1.82) is 0 Å². The minimum Gasteiger partial charge on any atom is -0.291 e. The van der Waals surface area contributed by atoms with Gasteiger partial charge in [0.05, 0.1) is 11.3 Å². The highest BCUT2D eigenvalue weighted by Gasteiger charge is 2.44. The molecule has 0 bridgehead atoms. The van der Waals surface area contributed by atoms with Gasteiger partial charge in [-0.15, -0.1) is 0 Å². The summed E-state index contributed by atoms with van der Waals surface area (Å²) >= 11 is 4.79. The molecule has 0 aliphatic carbocycles. The molecule has 1 atom stereocenters. The lowest BCUT2D eigenvalue weighted by atomic mass is 10.0. The molecule has 0 radical (unpaired) electrons. The number of hydrogen-bond donors (Lipinski definition) is 1. The van der Waals surface area contributed by atoms with E-state index in [0.717, 1.165) is 10.0 Å². The maximum atomic E-state index is 12.9. The lowest BCUT2D eigenvalue weighted by Gasteiger charge is -2.31. The topological polar surface area (TPSA) is 69.9 Å². The molecule has 2 aromatic carbocycles. The third-order valence-corrected chi connectivity index (χ3v) is 5.56. The highest BCUT2D eigenvalue weighted by atomic mass is 79.9. The monoisotopic (exact) mass is 443 g/mol. The summed E-state index contributed by atoms with van der Waals surface area (Å²) in [5.41, 5.74) is 2.45. The second-order valence-corrected chi connectivity index (χ2v) is 7.80. The first-order valence-electron chi connectivity index (χ1n) is 8.26. The van der Waals surface area contributed by atoms with Gasteiger partial charge in [-0.25, -0.2) is 4.90 Å². The van der Waals surface area contributed by atoms with E-state index < -0.39 is 6.17 Å². The molecule has 8 heteroatoms. The molecule has 1 unspecified atom stereocenters. The van der Waals surface area contributed by atoms with Crippen molar-refractivity contribution in [3.63, 3.8) is 0 Å². The van der Waals surface area contributed by atoms with Gasteiger partial charge >= 0.3 is 11.3 Å². The van der Waals surface area contributed by atoms with Gasteiger partial charge < -0.3 is 0 Å². The summed E-state index contributed by atoms with van der Waals surface area (Å²) in [5.74, 6) is -0.124. The van der Waals surface area contributed by atoms with E-state index in [-0.39, 0.29) is 11.5 Å². The zero-order valence-corrected chi connectivity index (χ0v) is 17.0. The Labute approximate surface area is 168 Å². The van der Waals surface area contributed by atoms with E-state index >= 15 is 0 Å². The Hall–Kier alpha value is -2.45. The van der Waals surface area contributed by atoms with Crippen molar-refractivity contribution in [3.8, 4) is 11.3 Å². The quantitative estimate of drug-likeness (QED) is 0.487. The van der Waals surface area contributed by atoms with Crippen LogP contribution in [-0.4, -0.2) is 22.2 Å². The molecule has 0 fully saturated rings. The maximum absolute atomic E-state index is 12.9. The standard InChI is InChI=1S/C19H15BrN4O2S/c1-11(25)23-15-6-4-3-5-14(15)16-17(26)21-19(27-2)22-24(16)18(23)12-7-9-13(20)10-8-12/h3-10,18H,1-2H3/p+1. The third kappa shape index (κ3) is 2.98. The maximum Gasteiger partial charge on any atom is 0.325 e. The van der Waals surface area contributed by atoms with Gasteiger partial charge in [-0.1, -0.05) is 39.8 Å². The van der Waals surface area contributed by atoms with Gasteiger partial charge in [-0.2, -0.15) is 0 Å². The molecule has 27 heavy (non-hydrogen) atoms. The van der Waals surface area contributed by atoms with Crippen LogP contribution in [0, 0.1) is 0 Å². The van der Waals surface area contributed by atoms with Crippen molar-refractivity contribution in [3.05, 3.63) is 68.9 Å². The Balaban J connectivity index is 2.08. The normalized spacial score (nSPS) is 15.2. The van der Waals surface area contributed by atoms with Crippen LogP contribution < -0.4 is 15.1 Å². The third-order valence-electron chi connectivity index (χ3n) is 4.46. The average Bonchev–Trinajstić information content (AvgIpc) is 2.67. The molecule has 0 saturated heterocycles. The summed E-state index contributed by atoms with van der Waals surface area (Å²) in [6, 6.07) is 15.1. The number of aromatic nitrogens is 3. The Bertz CT molecular complexity index is 1100. The number of para-hydroxylation sites is 1. The Kier molecular flexibility index (Phi) is 4.61. The predicted octanol–water partition coefficient (Wildman–Crippen LogP) is 3.12. The molecule has 2 heterocycles. The molecule has 4 rings (SSSR count). The number of fused-ring (bicyclic) bond motifs is 3. The van der Waals surface area contributed by atoms with Crippen molar-refractivity contribution in [2.24, 2.45) is 0 Å². The number of amides is 1. The first-order valence-corrected chi connectivity index (χ1v) is 10.3. The van der Waals surface area contributed by atoms with E-state index in [9.17, 15) is 9.59 Å². The molecular formula is C19H16BrN4O2S+. The van der Waals surface area contributed by atoms with Crippen LogP contribution in [0.3, 0.4) is 0 Å². The molecule has 1 amide bonds. The number of nitrogens with one attached hydrogen (secondary N) is 1. The van der Waals surface area contributed by atoms with Gasteiger partial charge in [0.15, 0.2) is 0 Å². The number of benzene rings is 2. The molecular weight excluding hydrogens is 428 g/mol. The highest BCUT2D eigenvalue weighted by Crippen LogP contribution is 2.37. The second kappa shape index (κ2) is 6.94. The van der Waals surface area contributed by atoms with Crippen molar-refractivity contribution in [1.82, 2.24) is 10.1 Å². The molecule has 136 valence electrons. The molecule has 1 aliphatic rings. The van der Waals surface area contributed by atoms with Crippen LogP contribution in [0.5, 0.6) is 0 Å². The van der Waals surface area contributed by atoms with E-state index in [1.807, 2.05) is 54.8 Å². The van der Waals surface area contributed by atoms with Gasteiger partial charge in [-0.3, -0.25) is 14.6 Å². The van der Waals surface area contributed by atoms with E-state index in [1.54, 1.807) is 9.58 Å². The van der Waals surface area contributed by atoms with E-state index in [4.69, 9.17) is 0 Å². The summed E-state index contributed by atoms with van der Waals surface area (Å²) in [6.07, 6.45) is 1.30. The number of anilines is 1. The summed E-state index contributed by atoms with van der Waals surface area (Å²) in [6.45, 7) is 1.52. The minimum absolute atomic E-state index is 0.124. The summed E-state index contributed by atoms with van der Waals surface area (Å²) in [5, 5.41) is 5.12. The van der Waals surface area contributed by atoms with Crippen LogP contribution in [0.25, 0.3) is 11.3 Å². The van der Waals surface area contributed by atoms with E-state index in [1.165, 1.54) is 18.7 Å². The Morgan fingerprint density at radius 2 is 1.93 bits per heavy atom. The Morgan fingerprint density at radius 3 is 2.59 bits per heavy atom. The number of hydrogen-bond acceptors (Lipinski definition) is 4. The van der Waals surface area contributed by atoms with Gasteiger partial charge in [0.1, 0.15) is 0 Å². The van der Waals surface area contributed by atoms with Crippen LogP contribution in [0.4, 0.5) is 5.69 Å². The lowest BCUT2D eigenvalue weighted by Crippen LogP contribution is -2.60. The second-order valence-electron chi connectivity index (χ2n) is 6.09. The predicted molar refractivity (Wildman–Crippen MR) is 108 cm³/mol. The molecule has 1 N–H and O–H groups in total. The van der Waals surface area contributed by atoms with Crippen molar-refractivity contribution < 1.29 is 9.48 Å². The SMILES string of the molecule is CSc1n[n+]2c(c(=O)[nH]1)-c1ccccc1N(C(C)=O)C2c1ccc(Br)cc1. The van der Waals surface area contributed by atoms with Crippen molar-refractivity contribution >= 4 is 39.3 Å². The fourth-order valence-electron chi connectivity index (χ4n) is 3.34. The number of aromatic amines is 1. The van der Waals surface area contributed by atoms with Gasteiger partial charge in [-0.05, 0) is 47.3 Å². The number of carbonyl (C=O) groups excluding carboxylic acids is 1. The van der Waals surface area contributed by atoms with E-state index in [0.29, 0.717) is 22.1 Å². The molecule has 3 aromatic rings. The van der Waals surface area contributed by atoms with Crippen molar-refractivity contribution in [2.45, 2.75) is 18.2 Å². The van der Waals surface area contributed by atoms with E-state index in [2.05, 4.69) is 26.0 Å². The zero-order chi connectivity index (χ0) is 19.1. The summed E-state index contributed by atoms with van der Waals surface area (Å²) in [7, 11) is 0. The van der Waals surface area contributed by atoms with Crippen LogP contribution in [0.1, 0.15) is 18.7 Å². The van der Waals surface area contributed by atoms with Crippen molar-refractivity contribution in [2.75, 3.05) is 11.2 Å². The first kappa shape index (κ1) is 17.9. The molecule has 6 nitrogen and oxygen atoms in total. The number of rotatable bonds is 2. The van der Waals surface area contributed by atoms with Gasteiger partial charge in [0.25, 0.3) is 6.17 Å². The first-order chi connectivity index (χ1) is 13.0. The van der Waals surface area contributed by atoms with Crippen LogP contribution in [0.2, 0.25) is 0 Å². The minimum atomic E-state index is -0.548. The average molecular weight is 444 g/mol. The molecule has 0 saturated carbocycles. The number of carbonyl (C=O) groups is 1. The largest absolute Gasteiger partial charge is 0.325 e. The number of nitrogens with zero attached hydrogens (tertiary/aromatic N) is 3.